The molecule has 0 fully saturated rings. The molecule has 174 valence electrons. The van der Waals surface area contributed by atoms with Gasteiger partial charge in [-0.1, -0.05) is 86.3 Å². The van der Waals surface area contributed by atoms with Crippen molar-refractivity contribution in [3.05, 3.63) is 35.9 Å². The van der Waals surface area contributed by atoms with Crippen LogP contribution in [0, 0.1) is 5.41 Å². The van der Waals surface area contributed by atoms with Gasteiger partial charge < -0.3 is 10.2 Å². The van der Waals surface area contributed by atoms with Crippen molar-refractivity contribution in [2.45, 2.75) is 109 Å². The first-order valence-electron chi connectivity index (χ1n) is 11.9. The maximum absolute atomic E-state index is 10.9. The highest BCUT2D eigenvalue weighted by atomic mass is 32.2. The molecule has 2 aromatic rings. The van der Waals surface area contributed by atoms with Crippen molar-refractivity contribution in [2.24, 2.45) is 5.41 Å². The Morgan fingerprint density at radius 2 is 1.55 bits per heavy atom. The Labute approximate surface area is 194 Å². The van der Waals surface area contributed by atoms with Crippen LogP contribution >= 0.6 is 11.8 Å². The highest BCUT2D eigenvalue weighted by Gasteiger charge is 2.27. The molecule has 0 radical (unpaired) electrons. The molecule has 0 aliphatic rings. The third-order valence-corrected chi connectivity index (χ3v) is 7.19. The highest BCUT2D eigenvalue weighted by Crippen LogP contribution is 2.42. The first-order valence-corrected chi connectivity index (χ1v) is 12.8. The smallest absolute Gasteiger partial charge is 0.212 e. The van der Waals surface area contributed by atoms with Gasteiger partial charge in [0.1, 0.15) is 0 Å². The van der Waals surface area contributed by atoms with E-state index in [0.29, 0.717) is 5.25 Å². The molecular formula is C27H43NO2S. The van der Waals surface area contributed by atoms with Gasteiger partial charge in [-0.25, -0.2) is 0 Å². The van der Waals surface area contributed by atoms with Crippen molar-refractivity contribution < 1.29 is 10.2 Å². The number of aromatic nitrogens is 1. The Morgan fingerprint density at radius 3 is 2.10 bits per heavy atom. The highest BCUT2D eigenvalue weighted by molar-refractivity contribution is 8.00. The van der Waals surface area contributed by atoms with Gasteiger partial charge in [0, 0.05) is 11.3 Å². The molecule has 31 heavy (non-hydrogen) atoms. The molecular weight excluding hydrogens is 402 g/mol. The molecule has 0 saturated heterocycles. The van der Waals surface area contributed by atoms with Crippen molar-refractivity contribution in [2.75, 3.05) is 0 Å². The summed E-state index contributed by atoms with van der Waals surface area (Å²) in [5, 5.41) is 22.0. The van der Waals surface area contributed by atoms with E-state index in [1.807, 2.05) is 12.1 Å². The van der Waals surface area contributed by atoms with Crippen LogP contribution < -0.4 is 0 Å². The number of unbranched alkanes of at least 4 members (excludes halogenated alkanes) is 2. The van der Waals surface area contributed by atoms with Crippen molar-refractivity contribution in [1.29, 1.82) is 0 Å². The van der Waals surface area contributed by atoms with Gasteiger partial charge in [0.15, 0.2) is 5.88 Å². The lowest BCUT2D eigenvalue weighted by Crippen LogP contribution is -2.24. The third-order valence-electron chi connectivity index (χ3n) is 5.83. The molecule has 0 saturated carbocycles. The normalized spacial score (nSPS) is 13.5. The number of rotatable bonds is 11. The molecule has 1 heterocycles. The van der Waals surface area contributed by atoms with E-state index in [1.54, 1.807) is 22.4 Å². The number of aromatic hydroxyl groups is 2. The van der Waals surface area contributed by atoms with Crippen LogP contribution in [0.1, 0.15) is 99.0 Å². The third kappa shape index (κ3) is 7.24. The molecule has 0 aliphatic carbocycles. The van der Waals surface area contributed by atoms with Crippen LogP contribution in [-0.2, 0) is 5.41 Å². The summed E-state index contributed by atoms with van der Waals surface area (Å²) in [6.07, 6.45) is 8.16. The Morgan fingerprint density at radius 1 is 0.903 bits per heavy atom. The van der Waals surface area contributed by atoms with E-state index in [2.05, 4.69) is 60.6 Å². The number of thioether (sulfide) groups is 1. The minimum atomic E-state index is 0.0600. The van der Waals surface area contributed by atoms with Crippen LogP contribution in [-0.4, -0.2) is 20.0 Å². The molecule has 0 bridgehead atoms. The van der Waals surface area contributed by atoms with E-state index in [9.17, 15) is 10.2 Å². The molecule has 1 aromatic heterocycles. The second kappa shape index (κ2) is 10.8. The summed E-state index contributed by atoms with van der Waals surface area (Å²) in [7, 11) is 0. The predicted octanol–water partition coefficient (Wildman–Crippen LogP) is 8.44. The summed E-state index contributed by atoms with van der Waals surface area (Å²) >= 11 is 1.70. The molecule has 1 aromatic carbocycles. The topological polar surface area (TPSA) is 45.4 Å². The fourth-order valence-corrected chi connectivity index (χ4v) is 6.05. The summed E-state index contributed by atoms with van der Waals surface area (Å²) in [5.41, 5.74) is 2.36. The fraction of sp³-hybridized carbons (Fsp3) is 0.630. The zero-order chi connectivity index (χ0) is 23.2. The molecule has 2 N–H and O–H groups in total. The van der Waals surface area contributed by atoms with E-state index < -0.39 is 0 Å². The summed E-state index contributed by atoms with van der Waals surface area (Å²) in [6, 6.07) is 9.95. The van der Waals surface area contributed by atoms with Crippen LogP contribution in [0.3, 0.4) is 0 Å². The van der Waals surface area contributed by atoms with Gasteiger partial charge >= 0.3 is 0 Å². The number of hydrogen-bond donors (Lipinski definition) is 2. The van der Waals surface area contributed by atoms with Crippen LogP contribution in [0.4, 0.5) is 0 Å². The molecule has 0 aliphatic heterocycles. The zero-order valence-electron chi connectivity index (χ0n) is 20.7. The Kier molecular flexibility index (Phi) is 9.00. The van der Waals surface area contributed by atoms with Crippen molar-refractivity contribution in [1.82, 2.24) is 4.57 Å². The monoisotopic (exact) mass is 445 g/mol. The summed E-state index contributed by atoms with van der Waals surface area (Å²) in [6.45, 7) is 15.8. The summed E-state index contributed by atoms with van der Waals surface area (Å²) in [5.74, 6) is 0.228. The second-order valence-corrected chi connectivity index (χ2v) is 12.1. The quantitative estimate of drug-likeness (QED) is 0.269. The van der Waals surface area contributed by atoms with Gasteiger partial charge in [0.25, 0.3) is 0 Å². The lowest BCUT2D eigenvalue weighted by Gasteiger charge is -2.33. The summed E-state index contributed by atoms with van der Waals surface area (Å²) in [4.78, 5) is 0.768. The van der Waals surface area contributed by atoms with E-state index in [4.69, 9.17) is 0 Å². The van der Waals surface area contributed by atoms with Gasteiger partial charge in [-0.3, -0.25) is 4.57 Å². The van der Waals surface area contributed by atoms with Crippen LogP contribution in [0.25, 0.3) is 5.69 Å². The molecule has 4 heteroatoms. The van der Waals surface area contributed by atoms with Crippen molar-refractivity contribution in [3.63, 3.8) is 0 Å². The minimum absolute atomic E-state index is 0.0600. The van der Waals surface area contributed by atoms with Gasteiger partial charge in [-0.2, -0.15) is 0 Å². The number of benzene rings is 1. The van der Waals surface area contributed by atoms with E-state index in [-0.39, 0.29) is 22.6 Å². The predicted molar refractivity (Wildman–Crippen MR) is 135 cm³/mol. The molecule has 0 amide bonds. The second-order valence-electron chi connectivity index (χ2n) is 10.7. The Bertz CT molecular complexity index is 815. The Hall–Kier alpha value is -1.55. The summed E-state index contributed by atoms with van der Waals surface area (Å²) < 4.78 is 1.55. The average molecular weight is 446 g/mol. The van der Waals surface area contributed by atoms with Gasteiger partial charge in [-0.05, 0) is 47.8 Å². The maximum Gasteiger partial charge on any atom is 0.212 e. The molecule has 3 nitrogen and oxygen atoms in total. The largest absolute Gasteiger partial charge is 0.494 e. The van der Waals surface area contributed by atoms with Crippen LogP contribution in [0.15, 0.2) is 35.2 Å². The average Bonchev–Trinajstić information content (AvgIpc) is 2.93. The standard InChI is InChI=1S/C27H43NO2S/c1-8-10-11-13-22(12-9-2)31-23-18-24(29)28(25(23)30)21-16-14-20(15-17-21)27(6,7)19-26(3,4)5/h14-18,22,29-30H,8-13,19H2,1-7H3. The van der Waals surface area contributed by atoms with Crippen molar-refractivity contribution >= 4 is 11.8 Å². The molecule has 2 rings (SSSR count). The van der Waals surface area contributed by atoms with Gasteiger partial charge in [0.2, 0.25) is 5.88 Å². The van der Waals surface area contributed by atoms with E-state index >= 15 is 0 Å². The van der Waals surface area contributed by atoms with Crippen molar-refractivity contribution in [3.8, 4) is 17.4 Å². The fourth-order valence-electron chi connectivity index (χ4n) is 4.68. The number of hydrogen-bond acceptors (Lipinski definition) is 3. The first-order chi connectivity index (χ1) is 14.5. The zero-order valence-corrected chi connectivity index (χ0v) is 21.5. The molecule has 1 unspecified atom stereocenters. The van der Waals surface area contributed by atoms with Gasteiger partial charge in [0.05, 0.1) is 10.6 Å². The lowest BCUT2D eigenvalue weighted by molar-refractivity contribution is 0.284. The molecule has 0 spiro atoms. The SMILES string of the molecule is CCCCCC(CCC)Sc1cc(O)n(-c2ccc(C(C)(C)CC(C)(C)C)cc2)c1O. The van der Waals surface area contributed by atoms with Crippen LogP contribution in [0.5, 0.6) is 11.8 Å². The number of nitrogens with zero attached hydrogens (tertiary/aromatic N) is 1. The maximum atomic E-state index is 10.9. The molecule has 1 atom stereocenters. The van der Waals surface area contributed by atoms with Gasteiger partial charge in [-0.15, -0.1) is 11.8 Å². The van der Waals surface area contributed by atoms with E-state index in [1.165, 1.54) is 24.8 Å². The Balaban J connectivity index is 2.23. The first kappa shape index (κ1) is 25.7. The van der Waals surface area contributed by atoms with E-state index in [0.717, 1.165) is 36.3 Å². The lowest BCUT2D eigenvalue weighted by atomic mass is 9.72. The van der Waals surface area contributed by atoms with Crippen LogP contribution in [0.2, 0.25) is 0 Å². The minimum Gasteiger partial charge on any atom is -0.494 e.